The van der Waals surface area contributed by atoms with Crippen LogP contribution in [0.5, 0.6) is 0 Å². The molecule has 0 aliphatic carbocycles. The minimum Gasteiger partial charge on any atom is -0.290 e. The summed E-state index contributed by atoms with van der Waals surface area (Å²) in [5.74, 6) is 0. The molecule has 0 bridgehead atoms. The smallest absolute Gasteiger partial charge is 0.111 e. The summed E-state index contributed by atoms with van der Waals surface area (Å²) in [6, 6.07) is 19.8. The van der Waals surface area contributed by atoms with Gasteiger partial charge >= 0.3 is 0 Å². The van der Waals surface area contributed by atoms with E-state index in [0.29, 0.717) is 6.04 Å². The minimum absolute atomic E-state index is 0.478. The Hall–Kier alpha value is -1.71. The van der Waals surface area contributed by atoms with Crippen LogP contribution in [0.3, 0.4) is 0 Å². The van der Waals surface area contributed by atoms with Crippen molar-refractivity contribution in [2.45, 2.75) is 31.8 Å². The van der Waals surface area contributed by atoms with Gasteiger partial charge in [-0.25, -0.2) is 4.98 Å². The molecule has 0 saturated carbocycles. The van der Waals surface area contributed by atoms with Gasteiger partial charge in [0, 0.05) is 6.54 Å². The Bertz CT molecular complexity index is 717. The predicted molar refractivity (Wildman–Crippen MR) is 93.1 cm³/mol. The average molecular weight is 308 g/mol. The van der Waals surface area contributed by atoms with Crippen molar-refractivity contribution in [3.05, 3.63) is 65.2 Å². The van der Waals surface area contributed by atoms with Gasteiger partial charge in [-0.2, -0.15) is 0 Å². The zero-order chi connectivity index (χ0) is 14.8. The van der Waals surface area contributed by atoms with E-state index in [4.69, 9.17) is 4.98 Å². The average Bonchev–Trinajstić information content (AvgIpc) is 3.00. The van der Waals surface area contributed by atoms with Crippen molar-refractivity contribution in [3.63, 3.8) is 0 Å². The van der Waals surface area contributed by atoms with E-state index in [2.05, 4.69) is 59.5 Å². The fraction of sp³-hybridized carbons (Fsp3) is 0.316. The second kappa shape index (κ2) is 6.19. The van der Waals surface area contributed by atoms with Gasteiger partial charge in [0.1, 0.15) is 5.01 Å². The Morgan fingerprint density at radius 2 is 1.82 bits per heavy atom. The highest BCUT2D eigenvalue weighted by Crippen LogP contribution is 2.36. The molecule has 2 aromatic carbocycles. The third-order valence-electron chi connectivity index (χ3n) is 4.44. The first kappa shape index (κ1) is 13.9. The van der Waals surface area contributed by atoms with Gasteiger partial charge in [0.15, 0.2) is 0 Å². The number of thiazole rings is 1. The van der Waals surface area contributed by atoms with Crippen molar-refractivity contribution in [2.75, 3.05) is 6.54 Å². The highest BCUT2D eigenvalue weighted by Gasteiger charge is 2.26. The van der Waals surface area contributed by atoms with Crippen LogP contribution in [0, 0.1) is 0 Å². The Morgan fingerprint density at radius 3 is 2.68 bits per heavy atom. The second-order valence-electron chi connectivity index (χ2n) is 5.99. The summed E-state index contributed by atoms with van der Waals surface area (Å²) >= 11 is 1.87. The van der Waals surface area contributed by atoms with E-state index in [-0.39, 0.29) is 0 Å². The number of hydrogen-bond donors (Lipinski definition) is 0. The van der Waals surface area contributed by atoms with Crippen molar-refractivity contribution in [1.82, 2.24) is 9.88 Å². The van der Waals surface area contributed by atoms with Gasteiger partial charge in [0.05, 0.1) is 16.3 Å². The molecule has 1 saturated heterocycles. The highest BCUT2D eigenvalue weighted by atomic mass is 32.1. The molecule has 2 heterocycles. The molecule has 1 aliphatic rings. The van der Waals surface area contributed by atoms with E-state index in [1.165, 1.54) is 41.1 Å². The molecule has 3 heteroatoms. The van der Waals surface area contributed by atoms with Gasteiger partial charge in [0.2, 0.25) is 0 Å². The second-order valence-corrected chi connectivity index (χ2v) is 7.05. The lowest BCUT2D eigenvalue weighted by Gasteiger charge is -2.34. The molecule has 22 heavy (non-hydrogen) atoms. The standard InChI is InChI=1S/C19H20N2S/c1-2-8-15(9-3-1)14-21-13-7-6-11-17(21)19-20-16-10-4-5-12-18(16)22-19/h1-5,8-10,12,17H,6-7,11,13-14H2/t17-/m1/s1. The lowest BCUT2D eigenvalue weighted by molar-refractivity contribution is 0.140. The van der Waals surface area contributed by atoms with Gasteiger partial charge in [-0.3, -0.25) is 4.90 Å². The molecule has 0 spiro atoms. The number of aromatic nitrogens is 1. The number of para-hydroxylation sites is 1. The molecule has 0 N–H and O–H groups in total. The number of benzene rings is 2. The van der Waals surface area contributed by atoms with E-state index >= 15 is 0 Å². The van der Waals surface area contributed by atoms with Crippen LogP contribution in [0.15, 0.2) is 54.6 Å². The van der Waals surface area contributed by atoms with E-state index < -0.39 is 0 Å². The third kappa shape index (κ3) is 2.79. The summed E-state index contributed by atoms with van der Waals surface area (Å²) in [4.78, 5) is 7.51. The Kier molecular flexibility index (Phi) is 3.92. The molecule has 0 unspecified atom stereocenters. The first-order valence-electron chi connectivity index (χ1n) is 8.03. The fourth-order valence-electron chi connectivity index (χ4n) is 3.31. The summed E-state index contributed by atoms with van der Waals surface area (Å²) in [7, 11) is 0. The molecule has 1 fully saturated rings. The molecule has 112 valence electrons. The molecular weight excluding hydrogens is 288 g/mol. The lowest BCUT2D eigenvalue weighted by Crippen LogP contribution is -2.32. The van der Waals surface area contributed by atoms with Gasteiger partial charge in [-0.1, -0.05) is 48.9 Å². The fourth-order valence-corrected chi connectivity index (χ4v) is 4.45. The maximum Gasteiger partial charge on any atom is 0.111 e. The first-order chi connectivity index (χ1) is 10.9. The van der Waals surface area contributed by atoms with E-state index in [1.54, 1.807) is 0 Å². The van der Waals surface area contributed by atoms with E-state index in [9.17, 15) is 0 Å². The number of rotatable bonds is 3. The van der Waals surface area contributed by atoms with Crippen molar-refractivity contribution >= 4 is 21.6 Å². The molecule has 1 atom stereocenters. The SMILES string of the molecule is c1ccc(CN2CCCC[C@@H]2c2nc3ccccc3s2)cc1. The number of nitrogens with zero attached hydrogens (tertiary/aromatic N) is 2. The maximum absolute atomic E-state index is 4.91. The summed E-state index contributed by atoms with van der Waals surface area (Å²) in [5, 5.41) is 1.29. The first-order valence-corrected chi connectivity index (χ1v) is 8.85. The topological polar surface area (TPSA) is 16.1 Å². The molecule has 1 aliphatic heterocycles. The molecule has 4 rings (SSSR count). The molecule has 2 nitrogen and oxygen atoms in total. The van der Waals surface area contributed by atoms with Crippen LogP contribution < -0.4 is 0 Å². The normalized spacial score (nSPS) is 19.5. The predicted octanol–water partition coefficient (Wildman–Crippen LogP) is 5.02. The van der Waals surface area contributed by atoms with Crippen molar-refractivity contribution in [3.8, 4) is 0 Å². The summed E-state index contributed by atoms with van der Waals surface area (Å²) in [6.45, 7) is 2.21. The zero-order valence-corrected chi connectivity index (χ0v) is 13.4. The van der Waals surface area contributed by atoms with Gasteiger partial charge in [-0.05, 0) is 37.1 Å². The van der Waals surface area contributed by atoms with Crippen LogP contribution in [0.2, 0.25) is 0 Å². The Labute approximate surface area is 135 Å². The van der Waals surface area contributed by atoms with Crippen molar-refractivity contribution in [2.24, 2.45) is 0 Å². The van der Waals surface area contributed by atoms with Crippen LogP contribution in [0.4, 0.5) is 0 Å². The molecule has 0 amide bonds. The van der Waals surface area contributed by atoms with Crippen LogP contribution in [-0.4, -0.2) is 16.4 Å². The molecule has 1 aromatic heterocycles. The molecular formula is C19H20N2S. The highest BCUT2D eigenvalue weighted by molar-refractivity contribution is 7.18. The van der Waals surface area contributed by atoms with E-state index in [0.717, 1.165) is 12.1 Å². The van der Waals surface area contributed by atoms with Crippen LogP contribution in [-0.2, 0) is 6.54 Å². The third-order valence-corrected chi connectivity index (χ3v) is 5.58. The monoisotopic (exact) mass is 308 g/mol. The van der Waals surface area contributed by atoms with Gasteiger partial charge in [-0.15, -0.1) is 11.3 Å². The van der Waals surface area contributed by atoms with Gasteiger partial charge in [0.25, 0.3) is 0 Å². The largest absolute Gasteiger partial charge is 0.290 e. The molecule has 3 aromatic rings. The number of piperidine rings is 1. The van der Waals surface area contributed by atoms with Crippen LogP contribution >= 0.6 is 11.3 Å². The Morgan fingerprint density at radius 1 is 1.00 bits per heavy atom. The maximum atomic E-state index is 4.91. The van der Waals surface area contributed by atoms with Crippen LogP contribution in [0.25, 0.3) is 10.2 Å². The Balaban J connectivity index is 1.62. The summed E-state index contributed by atoms with van der Waals surface area (Å²) < 4.78 is 1.31. The lowest BCUT2D eigenvalue weighted by atomic mass is 10.0. The van der Waals surface area contributed by atoms with Crippen LogP contribution in [0.1, 0.15) is 35.9 Å². The van der Waals surface area contributed by atoms with Crippen molar-refractivity contribution < 1.29 is 0 Å². The van der Waals surface area contributed by atoms with E-state index in [1.807, 2.05) is 11.3 Å². The quantitative estimate of drug-likeness (QED) is 0.675. The summed E-state index contributed by atoms with van der Waals surface area (Å²) in [5.41, 5.74) is 2.54. The van der Waals surface area contributed by atoms with Gasteiger partial charge < -0.3 is 0 Å². The van der Waals surface area contributed by atoms with Crippen molar-refractivity contribution in [1.29, 1.82) is 0 Å². The zero-order valence-electron chi connectivity index (χ0n) is 12.6. The number of fused-ring (bicyclic) bond motifs is 1. The number of likely N-dealkylation sites (tertiary alicyclic amines) is 1. The number of hydrogen-bond acceptors (Lipinski definition) is 3. The summed E-state index contributed by atoms with van der Waals surface area (Å²) in [6.07, 6.45) is 3.84. The minimum atomic E-state index is 0.478. The molecule has 0 radical (unpaired) electrons.